The van der Waals surface area contributed by atoms with Gasteiger partial charge in [-0.15, -0.1) is 0 Å². The van der Waals surface area contributed by atoms with Crippen molar-refractivity contribution < 1.29 is 14.3 Å². The predicted octanol–water partition coefficient (Wildman–Crippen LogP) is 0.755. The van der Waals surface area contributed by atoms with Crippen LogP contribution in [-0.2, 0) is 14.3 Å². The van der Waals surface area contributed by atoms with Crippen LogP contribution >= 0.6 is 11.6 Å². The van der Waals surface area contributed by atoms with Gasteiger partial charge in [0.15, 0.2) is 0 Å². The predicted molar refractivity (Wildman–Crippen MR) is 100 cm³/mol. The van der Waals surface area contributed by atoms with Gasteiger partial charge in [-0.05, 0) is 12.1 Å². The largest absolute Gasteiger partial charge is 0.378 e. The second-order valence-corrected chi connectivity index (χ2v) is 6.98. The normalized spacial score (nSPS) is 19.3. The van der Waals surface area contributed by atoms with E-state index in [1.54, 1.807) is 12.1 Å². The molecule has 0 unspecified atom stereocenters. The van der Waals surface area contributed by atoms with E-state index >= 15 is 0 Å². The molecule has 1 aromatic rings. The monoisotopic (exact) mass is 380 g/mol. The Bertz CT molecular complexity index is 629. The lowest BCUT2D eigenvalue weighted by molar-refractivity contribution is -0.137. The van der Waals surface area contributed by atoms with Crippen LogP contribution in [0.5, 0.6) is 0 Å². The second kappa shape index (κ2) is 9.32. The lowest BCUT2D eigenvalue weighted by Crippen LogP contribution is -2.52. The van der Waals surface area contributed by atoms with E-state index in [0.29, 0.717) is 50.1 Å². The first kappa shape index (κ1) is 19.1. The Morgan fingerprint density at radius 1 is 0.962 bits per heavy atom. The number of benzene rings is 1. The molecule has 7 nitrogen and oxygen atoms in total. The van der Waals surface area contributed by atoms with Crippen molar-refractivity contribution in [2.75, 3.05) is 70.9 Å². The summed E-state index contributed by atoms with van der Waals surface area (Å²) in [6.07, 6.45) is 0. The fourth-order valence-corrected chi connectivity index (χ4v) is 3.35. The van der Waals surface area contributed by atoms with Crippen LogP contribution in [0.3, 0.4) is 0 Å². The molecule has 2 aliphatic rings. The van der Waals surface area contributed by atoms with E-state index in [0.717, 1.165) is 26.2 Å². The smallest absolute Gasteiger partial charge is 0.238 e. The molecule has 2 amide bonds. The molecule has 3 rings (SSSR count). The molecule has 0 saturated carbocycles. The number of anilines is 1. The molecule has 0 radical (unpaired) electrons. The summed E-state index contributed by atoms with van der Waals surface area (Å²) in [5.74, 6) is 0.0918. The number of carbonyl (C=O) groups excluding carboxylic acids is 2. The third kappa shape index (κ3) is 5.41. The van der Waals surface area contributed by atoms with Gasteiger partial charge in [-0.1, -0.05) is 23.7 Å². The minimum atomic E-state index is -0.0732. The van der Waals surface area contributed by atoms with Gasteiger partial charge in [0.1, 0.15) is 0 Å². The number of nitrogens with one attached hydrogen (secondary N) is 1. The zero-order valence-corrected chi connectivity index (χ0v) is 15.6. The number of nitrogens with zero attached hydrogens (tertiary/aromatic N) is 3. The van der Waals surface area contributed by atoms with Crippen molar-refractivity contribution in [1.82, 2.24) is 14.7 Å². The molecule has 2 heterocycles. The second-order valence-electron chi connectivity index (χ2n) is 6.57. The van der Waals surface area contributed by atoms with Gasteiger partial charge in [-0.25, -0.2) is 0 Å². The molecule has 142 valence electrons. The standard InChI is InChI=1S/C18H25ClN4O3/c19-15-3-1-2-4-16(15)20-17(24)13-21-5-7-22(8-6-21)14-18(25)23-9-11-26-12-10-23/h1-4H,5-14H2,(H,20,24). The summed E-state index contributed by atoms with van der Waals surface area (Å²) in [5, 5.41) is 3.38. The van der Waals surface area contributed by atoms with Crippen LogP contribution in [0.15, 0.2) is 24.3 Å². The van der Waals surface area contributed by atoms with E-state index in [2.05, 4.69) is 15.1 Å². The van der Waals surface area contributed by atoms with Crippen LogP contribution < -0.4 is 5.32 Å². The van der Waals surface area contributed by atoms with E-state index in [1.165, 1.54) is 0 Å². The van der Waals surface area contributed by atoms with Crippen LogP contribution in [-0.4, -0.2) is 92.1 Å². The van der Waals surface area contributed by atoms with Crippen molar-refractivity contribution in [3.05, 3.63) is 29.3 Å². The molecule has 0 spiro atoms. The minimum absolute atomic E-state index is 0.0732. The number of halogens is 1. The van der Waals surface area contributed by atoms with Crippen LogP contribution in [0, 0.1) is 0 Å². The zero-order chi connectivity index (χ0) is 18.4. The van der Waals surface area contributed by atoms with Gasteiger partial charge < -0.3 is 15.0 Å². The Morgan fingerprint density at radius 2 is 1.58 bits per heavy atom. The summed E-state index contributed by atoms with van der Waals surface area (Å²) in [4.78, 5) is 30.6. The van der Waals surface area contributed by atoms with E-state index in [9.17, 15) is 9.59 Å². The lowest BCUT2D eigenvalue weighted by Gasteiger charge is -2.35. The Kier molecular flexibility index (Phi) is 6.85. The number of piperazine rings is 1. The average molecular weight is 381 g/mol. The van der Waals surface area contributed by atoms with E-state index in [1.807, 2.05) is 17.0 Å². The summed E-state index contributed by atoms with van der Waals surface area (Å²) in [6, 6.07) is 7.21. The molecule has 2 saturated heterocycles. The molecule has 0 bridgehead atoms. The summed E-state index contributed by atoms with van der Waals surface area (Å²) in [5.41, 5.74) is 0.633. The van der Waals surface area contributed by atoms with Crippen LogP contribution in [0.25, 0.3) is 0 Å². The Labute approximate surface area is 158 Å². The van der Waals surface area contributed by atoms with Gasteiger partial charge in [-0.3, -0.25) is 19.4 Å². The number of carbonyl (C=O) groups is 2. The highest BCUT2D eigenvalue weighted by Crippen LogP contribution is 2.20. The summed E-state index contributed by atoms with van der Waals surface area (Å²) < 4.78 is 5.28. The lowest BCUT2D eigenvalue weighted by atomic mass is 10.3. The first-order valence-electron chi connectivity index (χ1n) is 8.96. The van der Waals surface area contributed by atoms with Gasteiger partial charge >= 0.3 is 0 Å². The highest BCUT2D eigenvalue weighted by molar-refractivity contribution is 6.33. The van der Waals surface area contributed by atoms with Crippen molar-refractivity contribution in [3.8, 4) is 0 Å². The van der Waals surface area contributed by atoms with E-state index < -0.39 is 0 Å². The Morgan fingerprint density at radius 3 is 2.23 bits per heavy atom. The zero-order valence-electron chi connectivity index (χ0n) is 14.8. The maximum atomic E-state index is 12.3. The highest BCUT2D eigenvalue weighted by Gasteiger charge is 2.23. The van der Waals surface area contributed by atoms with Crippen LogP contribution in [0.4, 0.5) is 5.69 Å². The molecular formula is C18H25ClN4O3. The number of morpholine rings is 1. The van der Waals surface area contributed by atoms with Crippen molar-refractivity contribution in [3.63, 3.8) is 0 Å². The highest BCUT2D eigenvalue weighted by atomic mass is 35.5. The van der Waals surface area contributed by atoms with Crippen molar-refractivity contribution >= 4 is 29.1 Å². The van der Waals surface area contributed by atoms with Crippen LogP contribution in [0.2, 0.25) is 5.02 Å². The van der Waals surface area contributed by atoms with E-state index in [4.69, 9.17) is 16.3 Å². The molecule has 1 N–H and O–H groups in total. The molecule has 1 aromatic carbocycles. The minimum Gasteiger partial charge on any atom is -0.378 e. The fourth-order valence-electron chi connectivity index (χ4n) is 3.16. The SMILES string of the molecule is O=C(CN1CCN(CC(=O)N2CCOCC2)CC1)Nc1ccccc1Cl. The molecule has 26 heavy (non-hydrogen) atoms. The number of para-hydroxylation sites is 1. The topological polar surface area (TPSA) is 65.1 Å². The summed E-state index contributed by atoms with van der Waals surface area (Å²) in [7, 11) is 0. The first-order chi connectivity index (χ1) is 12.6. The van der Waals surface area contributed by atoms with Crippen molar-refractivity contribution in [2.45, 2.75) is 0 Å². The Balaban J connectivity index is 1.38. The van der Waals surface area contributed by atoms with Crippen LogP contribution in [0.1, 0.15) is 0 Å². The number of amides is 2. The van der Waals surface area contributed by atoms with Gasteiger partial charge in [0.2, 0.25) is 11.8 Å². The molecule has 0 aromatic heterocycles. The fraction of sp³-hybridized carbons (Fsp3) is 0.556. The maximum Gasteiger partial charge on any atom is 0.238 e. The number of rotatable bonds is 5. The quantitative estimate of drug-likeness (QED) is 0.816. The first-order valence-corrected chi connectivity index (χ1v) is 9.34. The number of hydrogen-bond acceptors (Lipinski definition) is 5. The average Bonchev–Trinajstić information content (AvgIpc) is 2.66. The third-order valence-electron chi connectivity index (χ3n) is 4.70. The molecule has 0 atom stereocenters. The molecular weight excluding hydrogens is 356 g/mol. The van der Waals surface area contributed by atoms with Gasteiger partial charge in [0.05, 0.1) is 37.0 Å². The summed E-state index contributed by atoms with van der Waals surface area (Å²) >= 11 is 6.06. The molecule has 8 heteroatoms. The molecule has 2 aliphatic heterocycles. The number of hydrogen-bond donors (Lipinski definition) is 1. The van der Waals surface area contributed by atoms with Crippen molar-refractivity contribution in [2.24, 2.45) is 0 Å². The van der Waals surface area contributed by atoms with Gasteiger partial charge in [0.25, 0.3) is 0 Å². The third-order valence-corrected chi connectivity index (χ3v) is 5.03. The van der Waals surface area contributed by atoms with E-state index in [-0.39, 0.29) is 11.8 Å². The molecule has 2 fully saturated rings. The van der Waals surface area contributed by atoms with Crippen molar-refractivity contribution in [1.29, 1.82) is 0 Å². The summed E-state index contributed by atoms with van der Waals surface area (Å²) in [6.45, 7) is 6.50. The maximum absolute atomic E-state index is 12.3. The van der Waals surface area contributed by atoms with Gasteiger partial charge in [0, 0.05) is 39.3 Å². The Hall–Kier alpha value is -1.67. The van der Waals surface area contributed by atoms with Gasteiger partial charge in [-0.2, -0.15) is 0 Å². The molecule has 0 aliphatic carbocycles. The number of ether oxygens (including phenoxy) is 1.